The quantitative estimate of drug-likeness (QED) is 0.555. The molecule has 1 aliphatic rings. The number of rotatable bonds is 7. The van der Waals surface area contributed by atoms with E-state index in [9.17, 15) is 9.90 Å². The molecule has 3 N–H and O–H groups in total. The number of amides is 1. The lowest BCUT2D eigenvalue weighted by atomic mass is 10.0. The predicted molar refractivity (Wildman–Crippen MR) is 115 cm³/mol. The molecule has 0 aromatic carbocycles. The van der Waals surface area contributed by atoms with Gasteiger partial charge in [0, 0.05) is 47.5 Å². The van der Waals surface area contributed by atoms with Gasteiger partial charge in [-0.2, -0.15) is 0 Å². The molecule has 0 bridgehead atoms. The van der Waals surface area contributed by atoms with Crippen molar-refractivity contribution in [1.82, 2.24) is 15.0 Å². The highest BCUT2D eigenvalue weighted by atomic mass is 16.3. The number of aliphatic hydroxyl groups excluding tert-OH is 2. The Kier molecular flexibility index (Phi) is 5.74. The maximum atomic E-state index is 12.2. The van der Waals surface area contributed by atoms with Gasteiger partial charge < -0.3 is 15.5 Å². The molecule has 3 aromatic heterocycles. The lowest BCUT2D eigenvalue weighted by Gasteiger charge is -2.12. The van der Waals surface area contributed by atoms with E-state index in [4.69, 9.17) is 5.11 Å². The van der Waals surface area contributed by atoms with Gasteiger partial charge in [0.15, 0.2) is 0 Å². The number of nitrogens with one attached hydrogen (secondary N) is 1. The number of aliphatic hydroxyl groups is 2. The molecule has 3 atom stereocenters. The fourth-order valence-corrected chi connectivity index (χ4v) is 3.69. The summed E-state index contributed by atoms with van der Waals surface area (Å²) in [6, 6.07) is 5.66. The molecule has 0 aliphatic heterocycles. The van der Waals surface area contributed by atoms with Crippen LogP contribution in [0.1, 0.15) is 43.5 Å². The summed E-state index contributed by atoms with van der Waals surface area (Å²) in [6.45, 7) is 4.06. The molecule has 1 amide bonds. The number of pyridine rings is 3. The van der Waals surface area contributed by atoms with E-state index in [1.54, 1.807) is 24.7 Å². The Morgan fingerprint density at radius 3 is 2.63 bits per heavy atom. The molecule has 0 saturated heterocycles. The van der Waals surface area contributed by atoms with Crippen molar-refractivity contribution in [2.45, 2.75) is 39.2 Å². The maximum Gasteiger partial charge on any atom is 0.229 e. The second-order valence-corrected chi connectivity index (χ2v) is 7.99. The smallest absolute Gasteiger partial charge is 0.229 e. The molecule has 3 aromatic rings. The largest absolute Gasteiger partial charge is 0.396 e. The van der Waals surface area contributed by atoms with Gasteiger partial charge in [0.1, 0.15) is 5.82 Å². The third-order valence-electron chi connectivity index (χ3n) is 5.66. The van der Waals surface area contributed by atoms with Crippen LogP contribution in [0, 0.1) is 18.8 Å². The molecule has 1 aliphatic carbocycles. The van der Waals surface area contributed by atoms with E-state index in [0.717, 1.165) is 40.4 Å². The first-order valence-corrected chi connectivity index (χ1v) is 10.3. The van der Waals surface area contributed by atoms with Gasteiger partial charge >= 0.3 is 0 Å². The summed E-state index contributed by atoms with van der Waals surface area (Å²) in [4.78, 5) is 25.5. The molecular weight excluding hydrogens is 380 g/mol. The van der Waals surface area contributed by atoms with Gasteiger partial charge in [0.05, 0.1) is 17.5 Å². The minimum atomic E-state index is -0.548. The van der Waals surface area contributed by atoms with E-state index in [-0.39, 0.29) is 24.3 Å². The molecule has 7 nitrogen and oxygen atoms in total. The monoisotopic (exact) mass is 406 g/mol. The maximum absolute atomic E-state index is 12.2. The molecule has 1 fully saturated rings. The summed E-state index contributed by atoms with van der Waals surface area (Å²) < 4.78 is 0. The average Bonchev–Trinajstić information content (AvgIpc) is 3.54. The number of anilines is 1. The SMILES string of the molecule is CCCC(O)c1cc(C)c(-c2cc3cnc(NC(=O)[C@@H]4C[C@H]4CO)cc3cn2)cn1. The summed E-state index contributed by atoms with van der Waals surface area (Å²) in [5, 5.41) is 23.9. The molecule has 30 heavy (non-hydrogen) atoms. The number of aryl methyl sites for hydroxylation is 1. The van der Waals surface area contributed by atoms with Crippen LogP contribution in [0.2, 0.25) is 0 Å². The standard InChI is InChI=1S/C23H26N4O3/c1-3-4-21(29)20-5-13(2)18(11-25-20)19-7-14-10-26-22(8-15(14)9-24-19)27-23(30)17-6-16(17)12-28/h5,7-11,16-17,21,28-29H,3-4,6,12H2,1-2H3,(H,26,27,30)/t16-,17+,21?/m0/s1. The van der Waals surface area contributed by atoms with Crippen molar-refractivity contribution in [3.8, 4) is 11.3 Å². The molecule has 3 heterocycles. The summed E-state index contributed by atoms with van der Waals surface area (Å²) in [7, 11) is 0. The normalized spacial score (nSPS) is 18.9. The van der Waals surface area contributed by atoms with Crippen molar-refractivity contribution in [1.29, 1.82) is 0 Å². The minimum Gasteiger partial charge on any atom is -0.396 e. The first-order valence-electron chi connectivity index (χ1n) is 10.3. The highest BCUT2D eigenvalue weighted by molar-refractivity contribution is 5.95. The third-order valence-corrected chi connectivity index (χ3v) is 5.66. The highest BCUT2D eigenvalue weighted by Gasteiger charge is 2.42. The fraction of sp³-hybridized carbons (Fsp3) is 0.391. The number of hydrogen-bond acceptors (Lipinski definition) is 6. The summed E-state index contributed by atoms with van der Waals surface area (Å²) in [5.41, 5.74) is 3.37. The van der Waals surface area contributed by atoms with E-state index in [1.807, 2.05) is 26.0 Å². The Labute approximate surface area is 175 Å². The topological polar surface area (TPSA) is 108 Å². The van der Waals surface area contributed by atoms with Gasteiger partial charge in [-0.25, -0.2) is 4.98 Å². The van der Waals surface area contributed by atoms with Crippen molar-refractivity contribution >= 4 is 22.5 Å². The zero-order valence-corrected chi connectivity index (χ0v) is 17.2. The number of fused-ring (bicyclic) bond motifs is 1. The van der Waals surface area contributed by atoms with Gasteiger partial charge in [0.25, 0.3) is 0 Å². The van der Waals surface area contributed by atoms with Crippen LogP contribution in [-0.4, -0.2) is 37.7 Å². The van der Waals surface area contributed by atoms with Crippen LogP contribution < -0.4 is 5.32 Å². The molecule has 7 heteroatoms. The first kappa shape index (κ1) is 20.4. The molecular formula is C23H26N4O3. The highest BCUT2D eigenvalue weighted by Crippen LogP contribution is 2.38. The van der Waals surface area contributed by atoms with Gasteiger partial charge in [0.2, 0.25) is 5.91 Å². The van der Waals surface area contributed by atoms with Crippen LogP contribution in [0.3, 0.4) is 0 Å². The van der Waals surface area contributed by atoms with Crippen molar-refractivity contribution in [2.24, 2.45) is 11.8 Å². The van der Waals surface area contributed by atoms with Crippen molar-refractivity contribution in [2.75, 3.05) is 11.9 Å². The fourth-order valence-electron chi connectivity index (χ4n) is 3.69. The van der Waals surface area contributed by atoms with E-state index < -0.39 is 6.10 Å². The van der Waals surface area contributed by atoms with Crippen LogP contribution in [0.15, 0.2) is 36.8 Å². The third kappa shape index (κ3) is 4.17. The van der Waals surface area contributed by atoms with Crippen LogP contribution in [0.4, 0.5) is 5.82 Å². The second-order valence-electron chi connectivity index (χ2n) is 7.99. The van der Waals surface area contributed by atoms with E-state index in [0.29, 0.717) is 17.9 Å². The predicted octanol–water partition coefficient (Wildman–Crippen LogP) is 3.40. The average molecular weight is 406 g/mol. The Hall–Kier alpha value is -2.90. The Bertz CT molecular complexity index is 1090. The van der Waals surface area contributed by atoms with Crippen LogP contribution >= 0.6 is 0 Å². The molecule has 1 unspecified atom stereocenters. The van der Waals surface area contributed by atoms with Crippen LogP contribution in [0.5, 0.6) is 0 Å². The Morgan fingerprint density at radius 1 is 1.17 bits per heavy atom. The lowest BCUT2D eigenvalue weighted by molar-refractivity contribution is -0.117. The first-order chi connectivity index (χ1) is 14.5. The zero-order chi connectivity index (χ0) is 21.3. The number of aromatic nitrogens is 3. The zero-order valence-electron chi connectivity index (χ0n) is 17.2. The van der Waals surface area contributed by atoms with Gasteiger partial charge in [-0.15, -0.1) is 0 Å². The van der Waals surface area contributed by atoms with E-state index in [2.05, 4.69) is 20.3 Å². The number of carbonyl (C=O) groups is 1. The number of nitrogens with zero attached hydrogens (tertiary/aromatic N) is 3. The Morgan fingerprint density at radius 2 is 1.93 bits per heavy atom. The molecule has 0 radical (unpaired) electrons. The summed E-state index contributed by atoms with van der Waals surface area (Å²) in [6.07, 6.45) is 6.99. The number of carbonyl (C=O) groups excluding carboxylic acids is 1. The second kappa shape index (κ2) is 8.45. The van der Waals surface area contributed by atoms with Gasteiger partial charge in [-0.3, -0.25) is 14.8 Å². The molecule has 156 valence electrons. The van der Waals surface area contributed by atoms with Crippen LogP contribution in [0.25, 0.3) is 22.0 Å². The van der Waals surface area contributed by atoms with E-state index >= 15 is 0 Å². The summed E-state index contributed by atoms with van der Waals surface area (Å²) in [5.74, 6) is 0.332. The molecule has 4 rings (SSSR count). The van der Waals surface area contributed by atoms with Gasteiger partial charge in [-0.05, 0) is 49.4 Å². The van der Waals surface area contributed by atoms with Crippen molar-refractivity contribution in [3.05, 3.63) is 48.0 Å². The Balaban J connectivity index is 1.54. The van der Waals surface area contributed by atoms with E-state index in [1.165, 1.54) is 0 Å². The molecule has 1 saturated carbocycles. The number of hydrogen-bond donors (Lipinski definition) is 3. The lowest BCUT2D eigenvalue weighted by Crippen LogP contribution is -2.16. The van der Waals surface area contributed by atoms with Crippen molar-refractivity contribution in [3.63, 3.8) is 0 Å². The minimum absolute atomic E-state index is 0.0444. The van der Waals surface area contributed by atoms with Gasteiger partial charge in [-0.1, -0.05) is 13.3 Å². The molecule has 0 spiro atoms. The van der Waals surface area contributed by atoms with Crippen LogP contribution in [-0.2, 0) is 4.79 Å². The van der Waals surface area contributed by atoms with Crippen molar-refractivity contribution < 1.29 is 15.0 Å². The summed E-state index contributed by atoms with van der Waals surface area (Å²) >= 11 is 0.